The third kappa shape index (κ3) is 7.96. The first-order valence-corrected chi connectivity index (χ1v) is 14.0. The molecule has 0 aliphatic carbocycles. The van der Waals surface area contributed by atoms with Gasteiger partial charge in [0.15, 0.2) is 0 Å². The lowest BCUT2D eigenvalue weighted by molar-refractivity contribution is 0.208. The fourth-order valence-corrected chi connectivity index (χ4v) is 7.13. The molecular formula is C22H46N2O2Si. The number of carbonyl (C=O) groups excluding carboxylic acids is 2. The number of hydrogen-bond acceptors (Lipinski definition) is 2. The van der Waals surface area contributed by atoms with Crippen LogP contribution in [0.5, 0.6) is 0 Å². The average molecular weight is 399 g/mol. The molecule has 5 heteroatoms. The maximum atomic E-state index is 13.7. The lowest BCUT2D eigenvalue weighted by Gasteiger charge is -2.37. The Kier molecular flexibility index (Phi) is 14.7. The van der Waals surface area contributed by atoms with Crippen molar-refractivity contribution in [3.05, 3.63) is 0 Å². The van der Waals surface area contributed by atoms with Crippen LogP contribution in [0.15, 0.2) is 0 Å². The van der Waals surface area contributed by atoms with Crippen LogP contribution in [0.25, 0.3) is 0 Å². The zero-order valence-corrected chi connectivity index (χ0v) is 20.1. The molecule has 0 aromatic carbocycles. The first-order chi connectivity index (χ1) is 13.0. The van der Waals surface area contributed by atoms with Crippen LogP contribution < -0.4 is 0 Å². The molecule has 0 aromatic heterocycles. The zero-order chi connectivity index (χ0) is 20.7. The average Bonchev–Trinajstić information content (AvgIpc) is 2.69. The van der Waals surface area contributed by atoms with Crippen molar-refractivity contribution in [1.29, 1.82) is 0 Å². The minimum absolute atomic E-state index is 0.206. The summed E-state index contributed by atoms with van der Waals surface area (Å²) in [7, 11) is -2.70. The largest absolute Gasteiger partial charge is 0.347 e. The van der Waals surface area contributed by atoms with E-state index in [1.165, 1.54) is 0 Å². The van der Waals surface area contributed by atoms with Crippen molar-refractivity contribution in [1.82, 2.24) is 9.80 Å². The first kappa shape index (κ1) is 26.2. The van der Waals surface area contributed by atoms with Crippen LogP contribution in [0, 0.1) is 0 Å². The Morgan fingerprint density at radius 2 is 0.815 bits per heavy atom. The van der Waals surface area contributed by atoms with Crippen LogP contribution >= 0.6 is 0 Å². The quantitative estimate of drug-likeness (QED) is 0.272. The molecule has 0 aliphatic heterocycles. The summed E-state index contributed by atoms with van der Waals surface area (Å²) in [5, 5.41) is 0. The molecule has 2 amide bonds. The van der Waals surface area contributed by atoms with Gasteiger partial charge in [-0.2, -0.15) is 0 Å². The number of carbonyl (C=O) groups is 2. The summed E-state index contributed by atoms with van der Waals surface area (Å²) in [6.45, 7) is 16.0. The number of amides is 2. The van der Waals surface area contributed by atoms with Gasteiger partial charge in [-0.3, -0.25) is 9.59 Å². The minimum atomic E-state index is -2.70. The van der Waals surface area contributed by atoms with E-state index in [0.29, 0.717) is 0 Å². The molecule has 0 rings (SSSR count). The molecule has 160 valence electrons. The Balaban J connectivity index is 5.63. The Labute approximate surface area is 170 Å². The predicted octanol–water partition coefficient (Wildman–Crippen LogP) is 6.68. The van der Waals surface area contributed by atoms with Crippen molar-refractivity contribution >= 4 is 19.1 Å². The molecule has 0 aromatic rings. The van der Waals surface area contributed by atoms with E-state index in [9.17, 15) is 9.59 Å². The molecule has 0 spiro atoms. The van der Waals surface area contributed by atoms with Crippen LogP contribution in [-0.2, 0) is 0 Å². The highest BCUT2D eigenvalue weighted by Gasteiger charge is 2.50. The molecule has 0 bridgehead atoms. The lowest BCUT2D eigenvalue weighted by atomic mass is 10.3. The van der Waals surface area contributed by atoms with Gasteiger partial charge < -0.3 is 9.80 Å². The van der Waals surface area contributed by atoms with Crippen LogP contribution in [0.4, 0.5) is 9.59 Å². The van der Waals surface area contributed by atoms with Gasteiger partial charge in [-0.25, -0.2) is 0 Å². The molecule has 0 fully saturated rings. The van der Waals surface area contributed by atoms with Gasteiger partial charge in [0.25, 0.3) is 8.07 Å². The van der Waals surface area contributed by atoms with E-state index in [0.717, 1.165) is 89.6 Å². The highest BCUT2D eigenvalue weighted by atomic mass is 28.3. The van der Waals surface area contributed by atoms with Crippen molar-refractivity contribution in [2.24, 2.45) is 0 Å². The van der Waals surface area contributed by atoms with E-state index in [1.807, 2.05) is 9.80 Å². The zero-order valence-electron chi connectivity index (χ0n) is 19.1. The molecule has 4 nitrogen and oxygen atoms in total. The minimum Gasteiger partial charge on any atom is -0.347 e. The second-order valence-electron chi connectivity index (χ2n) is 7.79. The summed E-state index contributed by atoms with van der Waals surface area (Å²) in [6.07, 6.45) is 8.42. The smallest absolute Gasteiger partial charge is 0.261 e. The van der Waals surface area contributed by atoms with Crippen molar-refractivity contribution in [2.45, 2.75) is 105 Å². The van der Waals surface area contributed by atoms with Gasteiger partial charge in [0.2, 0.25) is 11.1 Å². The van der Waals surface area contributed by atoms with Gasteiger partial charge in [-0.05, 0) is 37.8 Å². The third-order valence-electron chi connectivity index (χ3n) is 5.73. The first-order valence-electron chi connectivity index (χ1n) is 11.6. The molecule has 0 unspecified atom stereocenters. The summed E-state index contributed by atoms with van der Waals surface area (Å²) in [4.78, 5) is 31.4. The summed E-state index contributed by atoms with van der Waals surface area (Å²) >= 11 is 0. The molecule has 0 atom stereocenters. The van der Waals surface area contributed by atoms with Gasteiger partial charge in [-0.1, -0.05) is 67.2 Å². The summed E-state index contributed by atoms with van der Waals surface area (Å²) < 4.78 is 0. The Morgan fingerprint density at radius 3 is 1.00 bits per heavy atom. The third-order valence-corrected chi connectivity index (χ3v) is 10.4. The molecule has 0 heterocycles. The van der Waals surface area contributed by atoms with Crippen molar-refractivity contribution in [2.75, 3.05) is 26.2 Å². The monoisotopic (exact) mass is 398 g/mol. The standard InChI is InChI=1S/C22H46N2O2Si/c1-7-13-17-23(18-14-8-2)21(25)27(11-5,12-6)22(26)24(19-15-9-3)20-16-10-4/h7-20H2,1-6H3. The van der Waals surface area contributed by atoms with Crippen molar-refractivity contribution < 1.29 is 9.59 Å². The maximum Gasteiger partial charge on any atom is 0.261 e. The van der Waals surface area contributed by atoms with Gasteiger partial charge in [0, 0.05) is 26.2 Å². The predicted molar refractivity (Wildman–Crippen MR) is 120 cm³/mol. The van der Waals surface area contributed by atoms with E-state index in [1.54, 1.807) is 0 Å². The number of unbranched alkanes of at least 4 members (excludes halogenated alkanes) is 4. The maximum absolute atomic E-state index is 13.7. The fourth-order valence-electron chi connectivity index (χ4n) is 3.58. The number of nitrogens with zero attached hydrogens (tertiary/aromatic N) is 2. The lowest BCUT2D eigenvalue weighted by Crippen LogP contribution is -2.62. The van der Waals surface area contributed by atoms with Crippen LogP contribution in [0.2, 0.25) is 12.1 Å². The van der Waals surface area contributed by atoms with Gasteiger partial charge >= 0.3 is 0 Å². The van der Waals surface area contributed by atoms with Crippen LogP contribution in [0.1, 0.15) is 92.9 Å². The molecular weight excluding hydrogens is 352 g/mol. The molecule has 27 heavy (non-hydrogen) atoms. The van der Waals surface area contributed by atoms with Crippen LogP contribution in [-0.4, -0.2) is 55.1 Å². The molecule has 0 saturated heterocycles. The topological polar surface area (TPSA) is 40.6 Å². The van der Waals surface area contributed by atoms with E-state index in [-0.39, 0.29) is 11.1 Å². The van der Waals surface area contributed by atoms with E-state index in [2.05, 4.69) is 41.5 Å². The van der Waals surface area contributed by atoms with Crippen molar-refractivity contribution in [3.63, 3.8) is 0 Å². The molecule has 0 N–H and O–H groups in total. The fraction of sp³-hybridized carbons (Fsp3) is 0.909. The second kappa shape index (κ2) is 15.1. The number of hydrogen-bond donors (Lipinski definition) is 0. The normalized spacial score (nSPS) is 11.5. The number of rotatable bonds is 16. The SMILES string of the molecule is CCCCN(CCCC)C(=O)[Si](CC)(CC)C(=O)N(CCCC)CCCC. The van der Waals surface area contributed by atoms with Gasteiger partial charge in [-0.15, -0.1) is 0 Å². The Bertz CT molecular complexity index is 361. The van der Waals surface area contributed by atoms with E-state index in [4.69, 9.17) is 0 Å². The Hall–Kier alpha value is -0.843. The second-order valence-corrected chi connectivity index (χ2v) is 12.2. The summed E-state index contributed by atoms with van der Waals surface area (Å²) in [5.41, 5.74) is 0.412. The van der Waals surface area contributed by atoms with Gasteiger partial charge in [0.05, 0.1) is 0 Å². The molecule has 0 aliphatic rings. The highest BCUT2D eigenvalue weighted by molar-refractivity contribution is 7.24. The van der Waals surface area contributed by atoms with E-state index < -0.39 is 8.07 Å². The summed E-state index contributed by atoms with van der Waals surface area (Å²) in [6, 6.07) is 1.45. The van der Waals surface area contributed by atoms with E-state index >= 15 is 0 Å². The molecule has 0 radical (unpaired) electrons. The van der Waals surface area contributed by atoms with Gasteiger partial charge in [0.1, 0.15) is 0 Å². The summed E-state index contributed by atoms with van der Waals surface area (Å²) in [5.74, 6) is 0. The highest BCUT2D eigenvalue weighted by Crippen LogP contribution is 2.25. The van der Waals surface area contributed by atoms with Crippen molar-refractivity contribution in [3.8, 4) is 0 Å². The Morgan fingerprint density at radius 1 is 0.556 bits per heavy atom. The van der Waals surface area contributed by atoms with Crippen LogP contribution in [0.3, 0.4) is 0 Å². The molecule has 0 saturated carbocycles.